The number of nitrogens with two attached hydrogens (primary N) is 1. The van der Waals surface area contributed by atoms with Crippen molar-refractivity contribution in [3.8, 4) is 5.75 Å². The summed E-state index contributed by atoms with van der Waals surface area (Å²) >= 11 is 5.92. The number of anilines is 3. The number of hydrogen-bond donors (Lipinski definition) is 3. The van der Waals surface area contributed by atoms with E-state index >= 15 is 0 Å². The third-order valence-electron chi connectivity index (χ3n) is 2.87. The van der Waals surface area contributed by atoms with Crippen LogP contribution in [0.3, 0.4) is 0 Å². The van der Waals surface area contributed by atoms with Crippen LogP contribution in [0.25, 0.3) is 0 Å². The molecule has 2 rings (SSSR count). The third kappa shape index (κ3) is 3.79. The zero-order valence-corrected chi connectivity index (χ0v) is 12.5. The van der Waals surface area contributed by atoms with Gasteiger partial charge >= 0.3 is 6.03 Å². The normalized spacial score (nSPS) is 10.0. The van der Waals surface area contributed by atoms with Crippen molar-refractivity contribution in [2.24, 2.45) is 0 Å². The Labute approximate surface area is 128 Å². The van der Waals surface area contributed by atoms with E-state index in [2.05, 4.69) is 10.6 Å². The number of amides is 2. The smallest absolute Gasteiger partial charge is 0.323 e. The summed E-state index contributed by atoms with van der Waals surface area (Å²) in [5.74, 6) is 0.520. The highest BCUT2D eigenvalue weighted by Crippen LogP contribution is 2.28. The molecule has 0 bridgehead atoms. The van der Waals surface area contributed by atoms with Crippen LogP contribution in [0.4, 0.5) is 21.9 Å². The Balaban J connectivity index is 2.15. The van der Waals surface area contributed by atoms with Gasteiger partial charge in [0.25, 0.3) is 0 Å². The van der Waals surface area contributed by atoms with Crippen molar-refractivity contribution < 1.29 is 9.53 Å². The van der Waals surface area contributed by atoms with Crippen molar-refractivity contribution in [2.75, 3.05) is 23.5 Å². The number of urea groups is 1. The lowest BCUT2D eigenvalue weighted by atomic mass is 10.2. The molecule has 0 saturated carbocycles. The largest absolute Gasteiger partial charge is 0.495 e. The highest BCUT2D eigenvalue weighted by Gasteiger charge is 2.09. The zero-order valence-electron chi connectivity index (χ0n) is 11.7. The van der Waals surface area contributed by atoms with Gasteiger partial charge in [0.2, 0.25) is 0 Å². The standard InChI is InChI=1S/C15H16ClN3O2/c1-9-3-5-11(17)12(7-9)18-15(20)19-13-8-10(16)4-6-14(13)21-2/h3-8H,17H2,1-2H3,(H2,18,19,20). The minimum atomic E-state index is -0.423. The van der Waals surface area contributed by atoms with E-state index in [9.17, 15) is 4.79 Å². The van der Waals surface area contributed by atoms with E-state index in [0.29, 0.717) is 27.8 Å². The number of ether oxygens (including phenoxy) is 1. The number of carbonyl (C=O) groups excluding carboxylic acids is 1. The molecule has 0 aliphatic heterocycles. The van der Waals surface area contributed by atoms with Crippen molar-refractivity contribution in [3.63, 3.8) is 0 Å². The van der Waals surface area contributed by atoms with Gasteiger partial charge in [-0.1, -0.05) is 17.7 Å². The van der Waals surface area contributed by atoms with Crippen LogP contribution in [-0.4, -0.2) is 13.1 Å². The maximum atomic E-state index is 12.0. The van der Waals surface area contributed by atoms with Crippen LogP contribution in [0.5, 0.6) is 5.75 Å². The molecule has 21 heavy (non-hydrogen) atoms. The van der Waals surface area contributed by atoms with Gasteiger partial charge in [0.1, 0.15) is 5.75 Å². The summed E-state index contributed by atoms with van der Waals surface area (Å²) in [6.07, 6.45) is 0. The van der Waals surface area contributed by atoms with Crippen molar-refractivity contribution in [1.82, 2.24) is 0 Å². The van der Waals surface area contributed by atoms with Crippen molar-refractivity contribution in [3.05, 3.63) is 47.0 Å². The molecule has 110 valence electrons. The Kier molecular flexibility index (Phi) is 4.55. The Hall–Kier alpha value is -2.40. The van der Waals surface area contributed by atoms with Gasteiger partial charge in [-0.2, -0.15) is 0 Å². The lowest BCUT2D eigenvalue weighted by molar-refractivity contribution is 0.262. The predicted molar refractivity (Wildman–Crippen MR) is 86.2 cm³/mol. The number of carbonyl (C=O) groups is 1. The predicted octanol–water partition coefficient (Wildman–Crippen LogP) is 3.88. The Morgan fingerprint density at radius 2 is 1.86 bits per heavy atom. The van der Waals surface area contributed by atoms with E-state index in [1.807, 2.05) is 13.0 Å². The van der Waals surface area contributed by atoms with Gasteiger partial charge in [-0.25, -0.2) is 4.79 Å². The average Bonchev–Trinajstić information content (AvgIpc) is 2.43. The van der Waals surface area contributed by atoms with Gasteiger partial charge < -0.3 is 21.1 Å². The van der Waals surface area contributed by atoms with Crippen molar-refractivity contribution >= 4 is 34.7 Å². The van der Waals surface area contributed by atoms with E-state index in [4.69, 9.17) is 22.1 Å². The van der Waals surface area contributed by atoms with E-state index in [-0.39, 0.29) is 0 Å². The maximum Gasteiger partial charge on any atom is 0.323 e. The molecule has 0 fully saturated rings. The van der Waals surface area contributed by atoms with Crippen LogP contribution >= 0.6 is 11.6 Å². The molecule has 0 heterocycles. The number of nitrogens with one attached hydrogen (secondary N) is 2. The Morgan fingerprint density at radius 1 is 1.14 bits per heavy atom. The van der Waals surface area contributed by atoms with Gasteiger partial charge in [-0.15, -0.1) is 0 Å². The summed E-state index contributed by atoms with van der Waals surface area (Å²) in [5, 5.41) is 5.88. The SMILES string of the molecule is COc1ccc(Cl)cc1NC(=O)Nc1cc(C)ccc1N. The lowest BCUT2D eigenvalue weighted by Crippen LogP contribution is -2.20. The highest BCUT2D eigenvalue weighted by atomic mass is 35.5. The van der Waals surface area contributed by atoms with Crippen LogP contribution in [0, 0.1) is 6.92 Å². The summed E-state index contributed by atoms with van der Waals surface area (Å²) in [6, 6.07) is 9.96. The summed E-state index contributed by atoms with van der Waals surface area (Å²) < 4.78 is 5.17. The minimum Gasteiger partial charge on any atom is -0.495 e. The van der Waals surface area contributed by atoms with Gasteiger partial charge in [0.05, 0.1) is 24.2 Å². The maximum absolute atomic E-state index is 12.0. The van der Waals surface area contributed by atoms with Crippen molar-refractivity contribution in [2.45, 2.75) is 6.92 Å². The molecule has 0 unspecified atom stereocenters. The molecular formula is C15H16ClN3O2. The molecule has 0 atom stereocenters. The summed E-state index contributed by atoms with van der Waals surface area (Å²) in [5.41, 5.74) is 8.35. The molecule has 0 radical (unpaired) electrons. The fourth-order valence-corrected chi connectivity index (χ4v) is 2.00. The van der Waals surface area contributed by atoms with Crippen LogP contribution in [0.2, 0.25) is 5.02 Å². The second-order valence-electron chi connectivity index (χ2n) is 4.51. The first-order valence-corrected chi connectivity index (χ1v) is 6.65. The van der Waals surface area contributed by atoms with Crippen LogP contribution in [-0.2, 0) is 0 Å². The third-order valence-corrected chi connectivity index (χ3v) is 3.10. The van der Waals surface area contributed by atoms with Gasteiger partial charge in [-0.05, 0) is 42.8 Å². The molecule has 0 aliphatic carbocycles. The number of rotatable bonds is 3. The second kappa shape index (κ2) is 6.37. The number of hydrogen-bond acceptors (Lipinski definition) is 3. The molecule has 0 saturated heterocycles. The molecule has 0 aliphatic rings. The average molecular weight is 306 g/mol. The zero-order chi connectivity index (χ0) is 15.4. The molecular weight excluding hydrogens is 290 g/mol. The van der Waals surface area contributed by atoms with Crippen LogP contribution in [0.15, 0.2) is 36.4 Å². The van der Waals surface area contributed by atoms with E-state index < -0.39 is 6.03 Å². The number of nitrogen functional groups attached to an aromatic ring is 1. The summed E-state index contributed by atoms with van der Waals surface area (Å²) in [7, 11) is 1.52. The monoisotopic (exact) mass is 305 g/mol. The van der Waals surface area contributed by atoms with Crippen molar-refractivity contribution in [1.29, 1.82) is 0 Å². The molecule has 2 aromatic rings. The molecule has 2 aromatic carbocycles. The fraction of sp³-hybridized carbons (Fsp3) is 0.133. The fourth-order valence-electron chi connectivity index (χ4n) is 1.83. The summed E-state index contributed by atoms with van der Waals surface area (Å²) in [6.45, 7) is 1.92. The Morgan fingerprint density at radius 3 is 2.57 bits per heavy atom. The molecule has 5 nitrogen and oxygen atoms in total. The number of halogens is 1. The topological polar surface area (TPSA) is 76.4 Å². The van der Waals surface area contributed by atoms with Gasteiger partial charge in [0, 0.05) is 5.02 Å². The molecule has 4 N–H and O–H groups in total. The number of methoxy groups -OCH3 is 1. The first-order valence-electron chi connectivity index (χ1n) is 6.27. The van der Waals surface area contributed by atoms with Crippen LogP contribution in [0.1, 0.15) is 5.56 Å². The molecule has 0 aromatic heterocycles. The van der Waals surface area contributed by atoms with Gasteiger partial charge in [0.15, 0.2) is 0 Å². The van der Waals surface area contributed by atoms with E-state index in [0.717, 1.165) is 5.56 Å². The quantitative estimate of drug-likeness (QED) is 0.753. The molecule has 2 amide bonds. The minimum absolute atomic E-state index is 0.423. The first-order chi connectivity index (χ1) is 9.99. The van der Waals surface area contributed by atoms with Crippen LogP contribution < -0.4 is 21.1 Å². The number of benzene rings is 2. The lowest BCUT2D eigenvalue weighted by Gasteiger charge is -2.13. The highest BCUT2D eigenvalue weighted by molar-refractivity contribution is 6.31. The molecule has 0 spiro atoms. The molecule has 6 heteroatoms. The van der Waals surface area contributed by atoms with E-state index in [1.165, 1.54) is 7.11 Å². The Bertz CT molecular complexity index is 674. The second-order valence-corrected chi connectivity index (χ2v) is 4.95. The number of aryl methyl sites for hydroxylation is 1. The first kappa shape index (κ1) is 15.0. The van der Waals surface area contributed by atoms with E-state index in [1.54, 1.807) is 30.3 Å². The van der Waals surface area contributed by atoms with Gasteiger partial charge in [-0.3, -0.25) is 0 Å². The summed E-state index contributed by atoms with van der Waals surface area (Å²) in [4.78, 5) is 12.0.